The molecule has 0 radical (unpaired) electrons. The van der Waals surface area contributed by atoms with Gasteiger partial charge in [-0.3, -0.25) is 9.52 Å². The van der Waals surface area contributed by atoms with Crippen LogP contribution in [0.5, 0.6) is 17.2 Å². The maximum absolute atomic E-state index is 14.8. The van der Waals surface area contributed by atoms with Crippen molar-refractivity contribution in [3.05, 3.63) is 132 Å². The maximum Gasteiger partial charge on any atom is 0.339 e. The van der Waals surface area contributed by atoms with Crippen LogP contribution in [-0.4, -0.2) is 44.2 Å². The Morgan fingerprint density at radius 1 is 0.812 bits per heavy atom. The van der Waals surface area contributed by atoms with E-state index in [0.29, 0.717) is 18.4 Å². The molecular formula is C36H31FN2O8S. The van der Waals surface area contributed by atoms with Crippen LogP contribution in [0.1, 0.15) is 32.7 Å². The first-order valence-corrected chi connectivity index (χ1v) is 16.2. The van der Waals surface area contributed by atoms with Gasteiger partial charge in [0.25, 0.3) is 15.9 Å². The number of aromatic carboxylic acids is 1. The Bertz CT molecular complexity index is 2070. The zero-order chi connectivity index (χ0) is 34.3. The van der Waals surface area contributed by atoms with E-state index in [0.717, 1.165) is 22.8 Å². The van der Waals surface area contributed by atoms with E-state index in [1.165, 1.54) is 37.4 Å². The second kappa shape index (κ2) is 14.7. The molecule has 0 spiro atoms. The summed E-state index contributed by atoms with van der Waals surface area (Å²) in [4.78, 5) is 24.1. The number of sulfonamides is 1. The first-order chi connectivity index (χ1) is 23.0. The molecule has 5 rings (SSSR count). The van der Waals surface area contributed by atoms with E-state index < -0.39 is 27.7 Å². The predicted molar refractivity (Wildman–Crippen MR) is 179 cm³/mol. The smallest absolute Gasteiger partial charge is 0.339 e. The lowest BCUT2D eigenvalue weighted by Crippen LogP contribution is -2.14. The highest BCUT2D eigenvalue weighted by Crippen LogP contribution is 2.27. The average molecular weight is 671 g/mol. The maximum atomic E-state index is 14.8. The normalized spacial score (nSPS) is 11.0. The van der Waals surface area contributed by atoms with Crippen molar-refractivity contribution >= 4 is 33.3 Å². The summed E-state index contributed by atoms with van der Waals surface area (Å²) in [6.07, 6.45) is 0.992. The van der Waals surface area contributed by atoms with E-state index in [1.807, 2.05) is 12.1 Å². The predicted octanol–water partition coefficient (Wildman–Crippen LogP) is 6.97. The van der Waals surface area contributed by atoms with Gasteiger partial charge in [-0.25, -0.2) is 17.6 Å². The van der Waals surface area contributed by atoms with Crippen LogP contribution >= 0.6 is 0 Å². The van der Waals surface area contributed by atoms with Gasteiger partial charge in [0.2, 0.25) is 0 Å². The van der Waals surface area contributed by atoms with Crippen molar-refractivity contribution in [2.24, 2.45) is 0 Å². The van der Waals surface area contributed by atoms with Gasteiger partial charge in [0.05, 0.1) is 18.6 Å². The van der Waals surface area contributed by atoms with E-state index in [1.54, 1.807) is 60.7 Å². The molecule has 0 atom stereocenters. The number of phenolic OH excluding ortho intramolecular Hbond substituents is 1. The van der Waals surface area contributed by atoms with Crippen LogP contribution in [0.2, 0.25) is 0 Å². The zero-order valence-electron chi connectivity index (χ0n) is 25.6. The molecule has 48 heavy (non-hydrogen) atoms. The van der Waals surface area contributed by atoms with Crippen molar-refractivity contribution in [1.82, 2.24) is 0 Å². The minimum atomic E-state index is -4.09. The highest BCUT2D eigenvalue weighted by Gasteiger charge is 2.20. The number of carbonyl (C=O) groups excluding carboxylic acids is 1. The fraction of sp³-hybridized carbons (Fsp3) is 0.111. The molecule has 0 heterocycles. The zero-order valence-corrected chi connectivity index (χ0v) is 26.5. The second-order valence-corrected chi connectivity index (χ2v) is 12.3. The number of carbonyl (C=O) groups is 2. The number of phenols is 1. The summed E-state index contributed by atoms with van der Waals surface area (Å²) < 4.78 is 53.8. The summed E-state index contributed by atoms with van der Waals surface area (Å²) in [5.74, 6) is -2.18. The fourth-order valence-corrected chi connectivity index (χ4v) is 5.95. The number of carboxylic acid groups (broad SMARTS) is 1. The summed E-state index contributed by atoms with van der Waals surface area (Å²) in [5, 5.41) is 21.6. The van der Waals surface area contributed by atoms with Gasteiger partial charge in [-0.1, -0.05) is 36.4 Å². The van der Waals surface area contributed by atoms with Gasteiger partial charge in [-0.15, -0.1) is 0 Å². The highest BCUT2D eigenvalue weighted by molar-refractivity contribution is 7.92. The Morgan fingerprint density at radius 2 is 1.56 bits per heavy atom. The standard InChI is InChI=1S/C36H31FN2O8S/c1-46-33-17-15-30(22-31(33)36(42)43)48(44,45)39-28-9-2-5-23(19-28)6-4-18-47-34-16-12-27(21-32(34)37)38-35(41)26-8-3-7-25(20-26)24-10-13-29(40)14-11-24/h2-3,5,7-17,19-22,39-40H,4,6,18H2,1H3,(H,38,41)(H,42,43). The minimum Gasteiger partial charge on any atom is -0.508 e. The lowest BCUT2D eigenvalue weighted by atomic mass is 10.0. The molecule has 1 amide bonds. The van der Waals surface area contributed by atoms with E-state index in [4.69, 9.17) is 9.47 Å². The Labute approximate surface area is 276 Å². The summed E-state index contributed by atoms with van der Waals surface area (Å²) in [5.41, 5.74) is 3.06. The third-order valence-electron chi connectivity index (χ3n) is 7.27. The Kier molecular flexibility index (Phi) is 10.2. The summed E-state index contributed by atoms with van der Waals surface area (Å²) >= 11 is 0. The topological polar surface area (TPSA) is 151 Å². The monoisotopic (exact) mass is 670 g/mol. The SMILES string of the molecule is COc1ccc(S(=O)(=O)Nc2cccc(CCCOc3ccc(NC(=O)c4cccc(-c5ccc(O)cc5)c4)cc3F)c2)cc1C(=O)O. The van der Waals surface area contributed by atoms with Crippen LogP contribution in [0, 0.1) is 5.82 Å². The van der Waals surface area contributed by atoms with Gasteiger partial charge in [0.1, 0.15) is 17.1 Å². The molecule has 0 saturated carbocycles. The molecule has 0 aromatic heterocycles. The molecule has 0 unspecified atom stereocenters. The third-order valence-corrected chi connectivity index (χ3v) is 8.65. The molecule has 0 aliphatic heterocycles. The Balaban J connectivity index is 1.14. The van der Waals surface area contributed by atoms with Crippen molar-refractivity contribution < 1.29 is 42.1 Å². The molecule has 4 N–H and O–H groups in total. The number of anilines is 2. The highest BCUT2D eigenvalue weighted by atomic mass is 32.2. The van der Waals surface area contributed by atoms with Gasteiger partial charge in [0.15, 0.2) is 11.6 Å². The largest absolute Gasteiger partial charge is 0.508 e. The number of benzene rings is 5. The van der Waals surface area contributed by atoms with Crippen LogP contribution in [0.3, 0.4) is 0 Å². The number of amides is 1. The molecule has 10 nitrogen and oxygen atoms in total. The van der Waals surface area contributed by atoms with Crippen LogP contribution in [0.25, 0.3) is 11.1 Å². The molecule has 12 heteroatoms. The summed E-state index contributed by atoms with van der Waals surface area (Å²) in [7, 11) is -2.79. The number of hydrogen-bond donors (Lipinski definition) is 4. The number of hydrogen-bond acceptors (Lipinski definition) is 7. The second-order valence-electron chi connectivity index (χ2n) is 10.7. The average Bonchev–Trinajstić information content (AvgIpc) is 3.07. The van der Waals surface area contributed by atoms with Gasteiger partial charge in [0, 0.05) is 23.0 Å². The van der Waals surface area contributed by atoms with Crippen LogP contribution in [0.4, 0.5) is 15.8 Å². The Hall–Kier alpha value is -5.88. The Morgan fingerprint density at radius 3 is 2.29 bits per heavy atom. The van der Waals surface area contributed by atoms with E-state index in [-0.39, 0.29) is 45.7 Å². The van der Waals surface area contributed by atoms with Crippen molar-refractivity contribution in [3.63, 3.8) is 0 Å². The van der Waals surface area contributed by atoms with Gasteiger partial charge < -0.3 is 25.0 Å². The summed E-state index contributed by atoms with van der Waals surface area (Å²) in [6, 6.07) is 28.0. The lowest BCUT2D eigenvalue weighted by Gasteiger charge is -2.12. The molecule has 246 valence electrons. The summed E-state index contributed by atoms with van der Waals surface area (Å²) in [6.45, 7) is 0.173. The number of rotatable bonds is 13. The van der Waals surface area contributed by atoms with Crippen molar-refractivity contribution in [2.75, 3.05) is 23.8 Å². The lowest BCUT2D eigenvalue weighted by molar-refractivity contribution is 0.0692. The molecule has 0 fully saturated rings. The first kappa shape index (κ1) is 33.5. The fourth-order valence-electron chi connectivity index (χ4n) is 4.88. The molecule has 5 aromatic rings. The number of aryl methyl sites for hydroxylation is 1. The molecule has 5 aromatic carbocycles. The van der Waals surface area contributed by atoms with Crippen molar-refractivity contribution in [1.29, 1.82) is 0 Å². The number of methoxy groups -OCH3 is 1. The number of ether oxygens (including phenoxy) is 2. The number of aromatic hydroxyl groups is 1. The number of halogens is 1. The molecule has 0 aliphatic carbocycles. The van der Waals surface area contributed by atoms with E-state index >= 15 is 0 Å². The van der Waals surface area contributed by atoms with Crippen molar-refractivity contribution in [3.8, 4) is 28.4 Å². The minimum absolute atomic E-state index is 0.0176. The van der Waals surface area contributed by atoms with Crippen molar-refractivity contribution in [2.45, 2.75) is 17.7 Å². The van der Waals surface area contributed by atoms with Gasteiger partial charge in [-0.05, 0) is 96.3 Å². The van der Waals surface area contributed by atoms with Crippen LogP contribution < -0.4 is 19.5 Å². The molecule has 0 saturated heterocycles. The first-order valence-electron chi connectivity index (χ1n) is 14.7. The number of carboxylic acids is 1. The number of nitrogens with one attached hydrogen (secondary N) is 2. The molecule has 0 bridgehead atoms. The van der Waals surface area contributed by atoms with Gasteiger partial charge >= 0.3 is 5.97 Å². The van der Waals surface area contributed by atoms with E-state index in [9.17, 15) is 32.6 Å². The van der Waals surface area contributed by atoms with Crippen LogP contribution in [0.15, 0.2) is 114 Å². The molecule has 0 aliphatic rings. The van der Waals surface area contributed by atoms with Gasteiger partial charge in [-0.2, -0.15) is 0 Å². The quantitative estimate of drug-likeness (QED) is 0.0981. The third kappa shape index (κ3) is 8.28. The van der Waals surface area contributed by atoms with Crippen LogP contribution in [-0.2, 0) is 16.4 Å². The molecular weight excluding hydrogens is 639 g/mol. The van der Waals surface area contributed by atoms with E-state index in [2.05, 4.69) is 10.0 Å².